The molecule has 0 saturated heterocycles. The van der Waals surface area contributed by atoms with Gasteiger partial charge in [0, 0.05) is 11.6 Å². The van der Waals surface area contributed by atoms with Crippen molar-refractivity contribution >= 4 is 33.7 Å². The lowest BCUT2D eigenvalue weighted by atomic mass is 9.86. The Labute approximate surface area is 215 Å². The van der Waals surface area contributed by atoms with Gasteiger partial charge >= 0.3 is 0 Å². The van der Waals surface area contributed by atoms with Gasteiger partial charge in [-0.3, -0.25) is 19.1 Å². The van der Waals surface area contributed by atoms with Crippen LogP contribution in [-0.4, -0.2) is 60.8 Å². The van der Waals surface area contributed by atoms with Crippen LogP contribution in [0.15, 0.2) is 28.1 Å². The summed E-state index contributed by atoms with van der Waals surface area (Å²) in [7, 11) is -4.57. The van der Waals surface area contributed by atoms with E-state index in [1.165, 1.54) is 12.1 Å². The van der Waals surface area contributed by atoms with E-state index in [1.54, 1.807) is 53.8 Å². The quantitative estimate of drug-likeness (QED) is 0.318. The van der Waals surface area contributed by atoms with Crippen LogP contribution in [0.3, 0.4) is 0 Å². The maximum atomic E-state index is 13.1. The lowest BCUT2D eigenvalue weighted by Gasteiger charge is -2.32. The molecule has 0 radical (unpaired) electrons. The number of Topliss-reactive ketones (excluding diaryl/α,β-unsaturated/α-hetero) is 1. The Hall–Kier alpha value is -2.14. The van der Waals surface area contributed by atoms with Gasteiger partial charge in [0.2, 0.25) is 5.91 Å². The Kier molecular flexibility index (Phi) is 10.6. The number of aliphatic imine (C=N–C) groups is 1. The van der Waals surface area contributed by atoms with E-state index in [4.69, 9.17) is 9.47 Å². The van der Waals surface area contributed by atoms with Crippen molar-refractivity contribution in [2.24, 2.45) is 10.4 Å². The van der Waals surface area contributed by atoms with E-state index in [2.05, 4.69) is 10.3 Å². The third kappa shape index (κ3) is 11.3. The average Bonchev–Trinajstić information content (AvgIpc) is 2.64. The van der Waals surface area contributed by atoms with Gasteiger partial charge in [0.15, 0.2) is 5.78 Å². The van der Waals surface area contributed by atoms with Gasteiger partial charge in [0.1, 0.15) is 11.0 Å². The second-order valence-corrected chi connectivity index (χ2v) is 13.0. The van der Waals surface area contributed by atoms with Crippen molar-refractivity contribution in [3.8, 4) is 0 Å². The molecule has 1 amide bonds. The van der Waals surface area contributed by atoms with Crippen molar-refractivity contribution in [2.75, 3.05) is 11.9 Å². The Morgan fingerprint density at radius 3 is 2.17 bits per heavy atom. The zero-order valence-corrected chi connectivity index (χ0v) is 23.9. The predicted molar refractivity (Wildman–Crippen MR) is 141 cm³/mol. The number of aryl methyl sites for hydroxylation is 1. The highest BCUT2D eigenvalue weighted by Crippen LogP contribution is 2.26. The van der Waals surface area contributed by atoms with E-state index in [0.717, 1.165) is 0 Å². The molecule has 0 heterocycles. The minimum atomic E-state index is -4.57. The summed E-state index contributed by atoms with van der Waals surface area (Å²) in [6, 6.07) is 4.24. The summed E-state index contributed by atoms with van der Waals surface area (Å²) in [6.07, 6.45) is 0.0203. The molecule has 10 heteroatoms. The number of nitrogens with zero attached hydrogens (tertiary/aromatic N) is 1. The molecule has 9 nitrogen and oxygen atoms in total. The summed E-state index contributed by atoms with van der Waals surface area (Å²) in [5.74, 6) is -0.907. The fourth-order valence-corrected chi connectivity index (χ4v) is 4.15. The summed E-state index contributed by atoms with van der Waals surface area (Å²) in [4.78, 5) is 30.0. The van der Waals surface area contributed by atoms with Crippen LogP contribution < -0.4 is 5.32 Å². The fourth-order valence-electron chi connectivity index (χ4n) is 3.42. The first kappa shape index (κ1) is 31.9. The van der Waals surface area contributed by atoms with E-state index in [9.17, 15) is 22.6 Å². The zero-order valence-electron chi connectivity index (χ0n) is 23.1. The molecule has 0 spiro atoms. The molecule has 0 aliphatic heterocycles. The van der Waals surface area contributed by atoms with Crippen LogP contribution in [0.4, 0.5) is 5.69 Å². The second-order valence-electron chi connectivity index (χ2n) is 11.6. The minimum absolute atomic E-state index is 0.0771. The molecule has 0 aromatic heterocycles. The van der Waals surface area contributed by atoms with Gasteiger partial charge in [0.05, 0.1) is 36.0 Å². The van der Waals surface area contributed by atoms with E-state index in [0.29, 0.717) is 5.56 Å². The second kappa shape index (κ2) is 11.9. The van der Waals surface area contributed by atoms with Crippen molar-refractivity contribution in [1.82, 2.24) is 0 Å². The van der Waals surface area contributed by atoms with Crippen LogP contribution >= 0.6 is 0 Å². The largest absolute Gasteiger partial charge is 0.367 e. The molecule has 1 aromatic carbocycles. The lowest BCUT2D eigenvalue weighted by Crippen LogP contribution is -2.43. The Morgan fingerprint density at radius 2 is 1.67 bits per heavy atom. The van der Waals surface area contributed by atoms with Crippen molar-refractivity contribution < 1.29 is 32.0 Å². The molecule has 0 bridgehead atoms. The minimum Gasteiger partial charge on any atom is -0.367 e. The Bertz CT molecular complexity index is 1060. The zero-order chi connectivity index (χ0) is 28.1. The van der Waals surface area contributed by atoms with Gasteiger partial charge in [-0.05, 0) is 66.2 Å². The predicted octanol–water partition coefficient (Wildman–Crippen LogP) is 4.62. The number of carbonyl (C=O) groups excluding carboxylic acids is 2. The third-order valence-electron chi connectivity index (χ3n) is 4.88. The van der Waals surface area contributed by atoms with Crippen LogP contribution in [-0.2, 0) is 29.2 Å². The number of carbonyl (C=O) groups is 2. The summed E-state index contributed by atoms with van der Waals surface area (Å²) in [6.45, 7) is 18.4. The molecule has 1 aromatic rings. The van der Waals surface area contributed by atoms with Crippen LogP contribution in [0.5, 0.6) is 0 Å². The van der Waals surface area contributed by atoms with E-state index in [1.807, 2.05) is 27.7 Å². The van der Waals surface area contributed by atoms with Crippen LogP contribution in [0, 0.1) is 12.3 Å². The SMILES string of the molecule is Cc1ccc(NC(=O)CC(OC(C)(C)CN=CC(C)OC(C)(C)C)C(=O)C(C)(C)C)c(S(=O)(=O)O)c1. The third-order valence-corrected chi connectivity index (χ3v) is 5.77. The van der Waals surface area contributed by atoms with E-state index in [-0.39, 0.29) is 36.1 Å². The highest BCUT2D eigenvalue weighted by Gasteiger charge is 2.36. The number of anilines is 1. The van der Waals surface area contributed by atoms with Gasteiger partial charge in [0.25, 0.3) is 10.1 Å². The number of hydrogen-bond acceptors (Lipinski definition) is 7. The highest BCUT2D eigenvalue weighted by atomic mass is 32.2. The number of ketones is 1. The van der Waals surface area contributed by atoms with Crippen LogP contribution in [0.25, 0.3) is 0 Å². The first-order chi connectivity index (χ1) is 16.1. The van der Waals surface area contributed by atoms with E-state index < -0.39 is 38.0 Å². The number of nitrogens with one attached hydrogen (secondary N) is 1. The monoisotopic (exact) mass is 526 g/mol. The maximum Gasteiger partial charge on any atom is 0.296 e. The molecule has 2 N–H and O–H groups in total. The number of benzene rings is 1. The topological polar surface area (TPSA) is 131 Å². The van der Waals surface area contributed by atoms with Gasteiger partial charge < -0.3 is 14.8 Å². The molecule has 2 atom stereocenters. The lowest BCUT2D eigenvalue weighted by molar-refractivity contribution is -0.151. The van der Waals surface area contributed by atoms with Gasteiger partial charge in [-0.25, -0.2) is 0 Å². The molecule has 2 unspecified atom stereocenters. The number of ether oxygens (including phenoxy) is 2. The molecular weight excluding hydrogens is 484 g/mol. The summed E-state index contributed by atoms with van der Waals surface area (Å²) >= 11 is 0. The molecule has 0 fully saturated rings. The van der Waals surface area contributed by atoms with Gasteiger partial charge in [-0.15, -0.1) is 0 Å². The Balaban J connectivity index is 3.06. The van der Waals surface area contributed by atoms with Crippen molar-refractivity contribution in [1.29, 1.82) is 0 Å². The maximum absolute atomic E-state index is 13.1. The van der Waals surface area contributed by atoms with Gasteiger partial charge in [-0.2, -0.15) is 8.42 Å². The molecule has 0 aliphatic rings. The van der Waals surface area contributed by atoms with Crippen molar-refractivity contribution in [2.45, 2.75) is 104 Å². The fraction of sp³-hybridized carbons (Fsp3) is 0.654. The Morgan fingerprint density at radius 1 is 1.08 bits per heavy atom. The number of rotatable bonds is 11. The first-order valence-corrected chi connectivity index (χ1v) is 13.3. The normalized spacial score (nSPS) is 15.1. The van der Waals surface area contributed by atoms with Crippen molar-refractivity contribution in [3.05, 3.63) is 23.8 Å². The smallest absolute Gasteiger partial charge is 0.296 e. The molecular formula is C26H42N2O7S. The molecule has 36 heavy (non-hydrogen) atoms. The summed E-state index contributed by atoms with van der Waals surface area (Å²) < 4.78 is 45.0. The first-order valence-electron chi connectivity index (χ1n) is 11.9. The van der Waals surface area contributed by atoms with E-state index >= 15 is 0 Å². The number of amides is 1. The average molecular weight is 527 g/mol. The van der Waals surface area contributed by atoms with Crippen LogP contribution in [0.2, 0.25) is 0 Å². The molecule has 0 aliphatic carbocycles. The molecule has 204 valence electrons. The highest BCUT2D eigenvalue weighted by molar-refractivity contribution is 7.86. The summed E-state index contributed by atoms with van der Waals surface area (Å²) in [5, 5.41) is 2.49. The standard InChI is InChI=1S/C26H42N2O7S/c1-17-11-12-19(21(13-17)36(31,32)33)28-22(29)14-20(23(30)24(3,4)5)35-26(9,10)16-27-15-18(2)34-25(6,7)8/h11-13,15,18,20H,14,16H2,1-10H3,(H,28,29)(H,31,32,33). The summed E-state index contributed by atoms with van der Waals surface area (Å²) in [5.41, 5.74) is -1.47. The molecule has 1 rings (SSSR count). The number of hydrogen-bond donors (Lipinski definition) is 2. The van der Waals surface area contributed by atoms with Gasteiger partial charge in [-0.1, -0.05) is 26.8 Å². The van der Waals surface area contributed by atoms with Crippen LogP contribution in [0.1, 0.15) is 74.3 Å². The molecule has 0 saturated carbocycles. The van der Waals surface area contributed by atoms with Crippen molar-refractivity contribution in [3.63, 3.8) is 0 Å².